The summed E-state index contributed by atoms with van der Waals surface area (Å²) in [7, 11) is 3.58. The second kappa shape index (κ2) is 13.6. The van der Waals surface area contributed by atoms with Gasteiger partial charge in [0.05, 0.1) is 12.2 Å². The van der Waals surface area contributed by atoms with Gasteiger partial charge in [-0.05, 0) is 80.4 Å². The average molecular weight is 584 g/mol. The smallest absolute Gasteiger partial charge is 0.320 e. The molecule has 1 aliphatic carbocycles. The highest BCUT2D eigenvalue weighted by Crippen LogP contribution is 2.47. The molecule has 1 saturated carbocycles. The molecule has 2 saturated heterocycles. The van der Waals surface area contributed by atoms with Crippen molar-refractivity contribution >= 4 is 23.5 Å². The molecule has 9 nitrogen and oxygen atoms in total. The van der Waals surface area contributed by atoms with Gasteiger partial charge < -0.3 is 14.7 Å². The summed E-state index contributed by atoms with van der Waals surface area (Å²) in [5.74, 6) is 0.786. The van der Waals surface area contributed by atoms with Gasteiger partial charge in [-0.15, -0.1) is 0 Å². The fraction of sp³-hybridized carbons (Fsp3) is 0.677. The lowest BCUT2D eigenvalue weighted by Gasteiger charge is -2.48. The van der Waals surface area contributed by atoms with E-state index in [-0.39, 0.29) is 23.5 Å². The van der Waals surface area contributed by atoms with E-state index in [1.54, 1.807) is 25.3 Å². The molecule has 41 heavy (non-hydrogen) atoms. The third-order valence-electron chi connectivity index (χ3n) is 9.66. The lowest BCUT2D eigenvalue weighted by atomic mass is 9.63. The molecule has 5 rings (SSSR count). The summed E-state index contributed by atoms with van der Waals surface area (Å²) in [4.78, 5) is 37.0. The van der Waals surface area contributed by atoms with Gasteiger partial charge >= 0.3 is 6.03 Å². The summed E-state index contributed by atoms with van der Waals surface area (Å²) in [5, 5.41) is 8.79. The predicted octanol–water partition coefficient (Wildman–Crippen LogP) is 4.82. The molecule has 3 heterocycles. The highest BCUT2D eigenvalue weighted by atomic mass is 35.5. The topological polar surface area (TPSA) is 86.6 Å². The molecule has 1 N–H and O–H groups in total. The van der Waals surface area contributed by atoms with Crippen LogP contribution in [-0.2, 0) is 17.8 Å². The molecule has 0 spiro atoms. The SMILES string of the molecule is CN(C)C(=O)N1CCCCC1N[C@H](Cc1ccc(Cl)cc1)C(=O)N1CCC(Cn2cncn2)(C2CCCCC2)CC1. The first-order valence-corrected chi connectivity index (χ1v) is 15.8. The molecule has 1 unspecified atom stereocenters. The fourth-order valence-corrected chi connectivity index (χ4v) is 7.46. The maximum absolute atomic E-state index is 14.3. The van der Waals surface area contributed by atoms with Crippen LogP contribution in [0.2, 0.25) is 5.02 Å². The quantitative estimate of drug-likeness (QED) is 0.482. The Balaban J connectivity index is 1.33. The number of hydrogen-bond acceptors (Lipinski definition) is 5. The molecule has 224 valence electrons. The largest absolute Gasteiger partial charge is 0.341 e. The monoisotopic (exact) mass is 583 g/mol. The number of halogens is 1. The number of carbonyl (C=O) groups excluding carboxylic acids is 2. The third kappa shape index (κ3) is 7.23. The highest BCUT2D eigenvalue weighted by molar-refractivity contribution is 6.30. The Hall–Kier alpha value is -2.65. The maximum Gasteiger partial charge on any atom is 0.320 e. The summed E-state index contributed by atoms with van der Waals surface area (Å²) in [6.45, 7) is 3.06. The van der Waals surface area contributed by atoms with Gasteiger partial charge in [0.2, 0.25) is 5.91 Å². The molecule has 3 amide bonds. The zero-order valence-corrected chi connectivity index (χ0v) is 25.4. The third-order valence-corrected chi connectivity index (χ3v) is 9.91. The molecule has 10 heteroatoms. The molecule has 1 aromatic heterocycles. The van der Waals surface area contributed by atoms with Gasteiger partial charge in [-0.25, -0.2) is 9.78 Å². The highest BCUT2D eigenvalue weighted by Gasteiger charge is 2.44. The van der Waals surface area contributed by atoms with Crippen LogP contribution in [0.25, 0.3) is 0 Å². The van der Waals surface area contributed by atoms with Gasteiger partial charge in [0.15, 0.2) is 0 Å². The van der Waals surface area contributed by atoms with E-state index in [1.807, 2.05) is 40.2 Å². The van der Waals surface area contributed by atoms with E-state index >= 15 is 0 Å². The summed E-state index contributed by atoms with van der Waals surface area (Å²) >= 11 is 6.16. The first-order valence-electron chi connectivity index (χ1n) is 15.4. The summed E-state index contributed by atoms with van der Waals surface area (Å²) < 4.78 is 2.00. The minimum Gasteiger partial charge on any atom is -0.341 e. The Labute approximate surface area is 249 Å². The van der Waals surface area contributed by atoms with Crippen LogP contribution in [0.15, 0.2) is 36.9 Å². The van der Waals surface area contributed by atoms with Gasteiger partial charge in [-0.1, -0.05) is 43.0 Å². The van der Waals surface area contributed by atoms with Crippen LogP contribution in [0, 0.1) is 11.3 Å². The lowest BCUT2D eigenvalue weighted by molar-refractivity contribution is -0.137. The number of amides is 3. The van der Waals surface area contributed by atoms with E-state index in [1.165, 1.54) is 32.1 Å². The molecular weight excluding hydrogens is 538 g/mol. The lowest BCUT2D eigenvalue weighted by Crippen LogP contribution is -2.60. The molecular formula is C31H46ClN7O2. The Morgan fingerprint density at radius 2 is 1.73 bits per heavy atom. The van der Waals surface area contributed by atoms with Crippen LogP contribution in [0.4, 0.5) is 4.79 Å². The van der Waals surface area contributed by atoms with Crippen LogP contribution in [0.5, 0.6) is 0 Å². The number of rotatable bonds is 8. The molecule has 0 bridgehead atoms. The van der Waals surface area contributed by atoms with Crippen LogP contribution in [-0.4, -0.2) is 87.3 Å². The molecule has 3 fully saturated rings. The van der Waals surface area contributed by atoms with Crippen molar-refractivity contribution in [3.63, 3.8) is 0 Å². The molecule has 2 aromatic rings. The Bertz CT molecular complexity index is 1130. The minimum absolute atomic E-state index is 0.0109. The molecule has 2 atom stereocenters. The van der Waals surface area contributed by atoms with Crippen molar-refractivity contribution in [2.45, 2.75) is 89.4 Å². The van der Waals surface area contributed by atoms with Crippen molar-refractivity contribution in [3.8, 4) is 0 Å². The number of nitrogens with one attached hydrogen (secondary N) is 1. The van der Waals surface area contributed by atoms with E-state index in [4.69, 9.17) is 11.6 Å². The Morgan fingerprint density at radius 1 is 1.02 bits per heavy atom. The van der Waals surface area contributed by atoms with E-state index in [2.05, 4.69) is 20.3 Å². The number of benzene rings is 1. The number of piperidine rings is 2. The van der Waals surface area contributed by atoms with Crippen LogP contribution < -0.4 is 5.32 Å². The first kappa shape index (κ1) is 29.8. The van der Waals surface area contributed by atoms with E-state index in [9.17, 15) is 9.59 Å². The van der Waals surface area contributed by atoms with Gasteiger partial charge in [-0.3, -0.25) is 14.8 Å². The fourth-order valence-electron chi connectivity index (χ4n) is 7.34. The van der Waals surface area contributed by atoms with Crippen LogP contribution >= 0.6 is 11.6 Å². The Kier molecular flexibility index (Phi) is 9.86. The van der Waals surface area contributed by atoms with Crippen molar-refractivity contribution in [2.24, 2.45) is 11.3 Å². The van der Waals surface area contributed by atoms with Crippen LogP contribution in [0.3, 0.4) is 0 Å². The Morgan fingerprint density at radius 3 is 2.39 bits per heavy atom. The number of aromatic nitrogens is 3. The molecule has 2 aliphatic heterocycles. The predicted molar refractivity (Wildman–Crippen MR) is 160 cm³/mol. The molecule has 1 aromatic carbocycles. The second-order valence-corrected chi connectivity index (χ2v) is 13.0. The zero-order valence-electron chi connectivity index (χ0n) is 24.7. The molecule has 0 radical (unpaired) electrons. The minimum atomic E-state index is -0.422. The van der Waals surface area contributed by atoms with Gasteiger partial charge in [0.25, 0.3) is 0 Å². The standard InChI is InChI=1S/C31H46ClN7O2/c1-36(2)30(41)39-17-7-6-10-28(39)35-27(20-24-11-13-26(32)14-12-24)29(40)37-18-15-31(16-19-37,21-38-23-33-22-34-38)25-8-4-3-5-9-25/h11-14,22-23,25,27-28,35H,3-10,15-21H2,1-2H3/t27-,28?/m1/s1. The van der Waals surface area contributed by atoms with Gasteiger partial charge in [0.1, 0.15) is 12.7 Å². The van der Waals surface area contributed by atoms with Crippen LogP contribution in [0.1, 0.15) is 69.8 Å². The van der Waals surface area contributed by atoms with Crippen molar-refractivity contribution in [2.75, 3.05) is 33.7 Å². The summed E-state index contributed by atoms with van der Waals surface area (Å²) in [6, 6.07) is 7.32. The number of hydrogen-bond donors (Lipinski definition) is 1. The van der Waals surface area contributed by atoms with E-state index in [0.717, 1.165) is 57.3 Å². The van der Waals surface area contributed by atoms with Crippen molar-refractivity contribution in [3.05, 3.63) is 47.5 Å². The van der Waals surface area contributed by atoms with Crippen molar-refractivity contribution in [1.82, 2.24) is 34.8 Å². The first-order chi connectivity index (χ1) is 19.8. The number of urea groups is 1. The van der Waals surface area contributed by atoms with Gasteiger partial charge in [0, 0.05) is 45.3 Å². The van der Waals surface area contributed by atoms with Gasteiger partial charge in [-0.2, -0.15) is 5.10 Å². The van der Waals surface area contributed by atoms with E-state index < -0.39 is 6.04 Å². The summed E-state index contributed by atoms with van der Waals surface area (Å²) in [5.41, 5.74) is 1.20. The maximum atomic E-state index is 14.3. The normalized spacial score (nSPS) is 22.4. The van der Waals surface area contributed by atoms with Crippen molar-refractivity contribution in [1.29, 1.82) is 0 Å². The zero-order chi connectivity index (χ0) is 28.8. The number of nitrogens with zero attached hydrogens (tertiary/aromatic N) is 6. The number of likely N-dealkylation sites (tertiary alicyclic amines) is 2. The number of carbonyl (C=O) groups is 2. The molecule has 3 aliphatic rings. The van der Waals surface area contributed by atoms with E-state index in [0.29, 0.717) is 23.9 Å². The second-order valence-electron chi connectivity index (χ2n) is 12.5. The van der Waals surface area contributed by atoms with Crippen molar-refractivity contribution < 1.29 is 9.59 Å². The average Bonchev–Trinajstić information content (AvgIpc) is 3.51. The summed E-state index contributed by atoms with van der Waals surface area (Å²) in [6.07, 6.45) is 15.1.